The minimum atomic E-state index is -0.909. The van der Waals surface area contributed by atoms with E-state index in [1.165, 1.54) is 18.2 Å². The van der Waals surface area contributed by atoms with Gasteiger partial charge < -0.3 is 4.98 Å². The van der Waals surface area contributed by atoms with Crippen molar-refractivity contribution < 1.29 is 8.78 Å². The average Bonchev–Trinajstić information content (AvgIpc) is 2.50. The molecule has 3 rings (SSSR count). The number of H-pyrrole nitrogens is 1. The molecular formula is C16H10F2N2S. The molecule has 0 atom stereocenters. The minimum Gasteiger partial charge on any atom is -0.339 e. The Kier molecular flexibility index (Phi) is 3.58. The Morgan fingerprint density at radius 3 is 2.48 bits per heavy atom. The second-order valence-corrected chi connectivity index (χ2v) is 4.87. The fourth-order valence-electron chi connectivity index (χ4n) is 2.05. The van der Waals surface area contributed by atoms with Gasteiger partial charge in [0.2, 0.25) is 0 Å². The molecule has 1 N–H and O–H groups in total. The number of hydrogen-bond donors (Lipinski definition) is 1. The van der Waals surface area contributed by atoms with Gasteiger partial charge in [-0.3, -0.25) is 0 Å². The van der Waals surface area contributed by atoms with E-state index in [2.05, 4.69) is 9.97 Å². The lowest BCUT2D eigenvalue weighted by atomic mass is 10.1. The second kappa shape index (κ2) is 5.54. The summed E-state index contributed by atoms with van der Waals surface area (Å²) in [5, 5.41) is 0. The molecule has 21 heavy (non-hydrogen) atoms. The molecule has 0 spiro atoms. The number of aromatic nitrogens is 2. The fourth-order valence-corrected chi connectivity index (χ4v) is 2.26. The summed E-state index contributed by atoms with van der Waals surface area (Å²) in [5.74, 6) is -1.29. The topological polar surface area (TPSA) is 28.7 Å². The minimum absolute atomic E-state index is 0.126. The van der Waals surface area contributed by atoms with Gasteiger partial charge in [0.15, 0.2) is 11.6 Å². The van der Waals surface area contributed by atoms with E-state index in [1.807, 2.05) is 30.3 Å². The van der Waals surface area contributed by atoms with Crippen LogP contribution in [-0.2, 0) is 0 Å². The summed E-state index contributed by atoms with van der Waals surface area (Å²) in [6.45, 7) is 0. The first-order valence-electron chi connectivity index (χ1n) is 6.26. The summed E-state index contributed by atoms with van der Waals surface area (Å²) in [6.07, 6.45) is 0. The summed E-state index contributed by atoms with van der Waals surface area (Å²) >= 11 is 5.12. The van der Waals surface area contributed by atoms with Crippen molar-refractivity contribution in [2.45, 2.75) is 0 Å². The van der Waals surface area contributed by atoms with Crippen LogP contribution >= 0.6 is 12.2 Å². The lowest BCUT2D eigenvalue weighted by Crippen LogP contribution is -1.96. The molecule has 0 bridgehead atoms. The molecular weight excluding hydrogens is 290 g/mol. The van der Waals surface area contributed by atoms with Gasteiger partial charge in [-0.05, 0) is 18.2 Å². The van der Waals surface area contributed by atoms with Crippen molar-refractivity contribution in [2.24, 2.45) is 0 Å². The maximum atomic E-state index is 13.9. The van der Waals surface area contributed by atoms with E-state index in [1.54, 1.807) is 0 Å². The number of nitrogens with zero attached hydrogens (tertiary/aromatic N) is 1. The summed E-state index contributed by atoms with van der Waals surface area (Å²) in [5.41, 5.74) is 1.34. The Morgan fingerprint density at radius 1 is 0.952 bits per heavy atom. The molecule has 3 aromatic rings. The molecule has 0 saturated heterocycles. The van der Waals surface area contributed by atoms with Crippen LogP contribution in [0.15, 0.2) is 54.6 Å². The molecule has 0 unspecified atom stereocenters. The van der Waals surface area contributed by atoms with Crippen LogP contribution in [-0.4, -0.2) is 9.97 Å². The van der Waals surface area contributed by atoms with Crippen LogP contribution in [0.2, 0.25) is 0 Å². The predicted octanol–water partition coefficient (Wildman–Crippen LogP) is 4.75. The van der Waals surface area contributed by atoms with E-state index < -0.39 is 11.6 Å². The maximum Gasteiger partial charge on any atom is 0.168 e. The van der Waals surface area contributed by atoms with Gasteiger partial charge in [0.05, 0.1) is 5.69 Å². The molecule has 2 nitrogen and oxygen atoms in total. The Morgan fingerprint density at radius 2 is 1.71 bits per heavy atom. The number of nitrogens with one attached hydrogen (secondary N) is 1. The lowest BCUT2D eigenvalue weighted by molar-refractivity contribution is 0.511. The quantitative estimate of drug-likeness (QED) is 0.692. The van der Waals surface area contributed by atoms with Gasteiger partial charge in [-0.15, -0.1) is 0 Å². The molecule has 0 aliphatic heterocycles. The standard InChI is InChI=1S/C16H10F2N2S/c17-12-8-4-7-11(15(12)18)13-9-14(21)20-16(19-13)10-5-2-1-3-6-10/h1-9H,(H,19,20,21). The predicted molar refractivity (Wildman–Crippen MR) is 80.2 cm³/mol. The smallest absolute Gasteiger partial charge is 0.168 e. The van der Waals surface area contributed by atoms with Crippen molar-refractivity contribution in [3.63, 3.8) is 0 Å². The molecule has 2 aromatic carbocycles. The zero-order chi connectivity index (χ0) is 14.8. The monoisotopic (exact) mass is 300 g/mol. The summed E-state index contributed by atoms with van der Waals surface area (Å²) < 4.78 is 27.6. The second-order valence-electron chi connectivity index (χ2n) is 4.45. The third kappa shape index (κ3) is 2.73. The van der Waals surface area contributed by atoms with Gasteiger partial charge in [-0.2, -0.15) is 0 Å². The third-order valence-corrected chi connectivity index (χ3v) is 3.24. The van der Waals surface area contributed by atoms with Crippen molar-refractivity contribution >= 4 is 12.2 Å². The first-order chi connectivity index (χ1) is 10.1. The van der Waals surface area contributed by atoms with E-state index in [-0.39, 0.29) is 5.56 Å². The van der Waals surface area contributed by atoms with Crippen LogP contribution in [0.5, 0.6) is 0 Å². The maximum absolute atomic E-state index is 13.9. The molecule has 0 radical (unpaired) electrons. The highest BCUT2D eigenvalue weighted by Crippen LogP contribution is 2.25. The van der Waals surface area contributed by atoms with E-state index in [4.69, 9.17) is 12.2 Å². The Labute approximate surface area is 125 Å². The third-order valence-electron chi connectivity index (χ3n) is 3.03. The van der Waals surface area contributed by atoms with Crippen molar-refractivity contribution in [3.8, 4) is 22.6 Å². The van der Waals surface area contributed by atoms with Crippen molar-refractivity contribution in [3.05, 3.63) is 70.9 Å². The molecule has 0 fully saturated rings. The van der Waals surface area contributed by atoms with E-state index >= 15 is 0 Å². The highest BCUT2D eigenvalue weighted by atomic mass is 32.1. The molecule has 0 aliphatic carbocycles. The number of rotatable bonds is 2. The van der Waals surface area contributed by atoms with Gasteiger partial charge in [-0.1, -0.05) is 48.6 Å². The summed E-state index contributed by atoms with van der Waals surface area (Å²) in [6, 6.07) is 14.9. The molecule has 5 heteroatoms. The SMILES string of the molecule is Fc1cccc(-c2cc(=S)nc(-c3ccccc3)[nH]2)c1F. The summed E-state index contributed by atoms with van der Waals surface area (Å²) in [4.78, 5) is 7.23. The Hall–Kier alpha value is -2.40. The highest BCUT2D eigenvalue weighted by Gasteiger charge is 2.11. The van der Waals surface area contributed by atoms with Gasteiger partial charge in [0, 0.05) is 11.1 Å². The van der Waals surface area contributed by atoms with Crippen LogP contribution < -0.4 is 0 Å². The molecule has 0 amide bonds. The molecule has 0 saturated carbocycles. The van der Waals surface area contributed by atoms with Crippen molar-refractivity contribution in [2.75, 3.05) is 0 Å². The Balaban J connectivity index is 2.19. The van der Waals surface area contributed by atoms with E-state index in [0.29, 0.717) is 16.2 Å². The molecule has 1 heterocycles. The van der Waals surface area contributed by atoms with Crippen LogP contribution in [0.1, 0.15) is 0 Å². The van der Waals surface area contributed by atoms with Crippen molar-refractivity contribution in [1.29, 1.82) is 0 Å². The largest absolute Gasteiger partial charge is 0.339 e. The summed E-state index contributed by atoms with van der Waals surface area (Å²) in [7, 11) is 0. The first-order valence-corrected chi connectivity index (χ1v) is 6.67. The van der Waals surface area contributed by atoms with Crippen LogP contribution in [0.3, 0.4) is 0 Å². The van der Waals surface area contributed by atoms with Crippen LogP contribution in [0, 0.1) is 16.3 Å². The number of aromatic amines is 1. The van der Waals surface area contributed by atoms with Crippen LogP contribution in [0.25, 0.3) is 22.6 Å². The van der Waals surface area contributed by atoms with Crippen molar-refractivity contribution in [1.82, 2.24) is 9.97 Å². The van der Waals surface area contributed by atoms with Gasteiger partial charge in [0.1, 0.15) is 10.5 Å². The zero-order valence-corrected chi connectivity index (χ0v) is 11.6. The number of benzene rings is 2. The van der Waals surface area contributed by atoms with E-state index in [9.17, 15) is 8.78 Å². The Bertz CT molecular complexity index is 844. The van der Waals surface area contributed by atoms with Gasteiger partial charge in [0.25, 0.3) is 0 Å². The fraction of sp³-hybridized carbons (Fsp3) is 0. The van der Waals surface area contributed by atoms with Gasteiger partial charge >= 0.3 is 0 Å². The number of halogens is 2. The molecule has 0 aliphatic rings. The van der Waals surface area contributed by atoms with E-state index in [0.717, 1.165) is 11.6 Å². The molecule has 104 valence electrons. The lowest BCUT2D eigenvalue weighted by Gasteiger charge is -2.07. The normalized spacial score (nSPS) is 10.6. The zero-order valence-electron chi connectivity index (χ0n) is 10.8. The first kappa shape index (κ1) is 13.6. The van der Waals surface area contributed by atoms with Gasteiger partial charge in [-0.25, -0.2) is 13.8 Å². The van der Waals surface area contributed by atoms with Crippen LogP contribution in [0.4, 0.5) is 8.78 Å². The number of hydrogen-bond acceptors (Lipinski definition) is 2. The molecule has 1 aromatic heterocycles. The highest BCUT2D eigenvalue weighted by molar-refractivity contribution is 7.71. The average molecular weight is 300 g/mol.